The van der Waals surface area contributed by atoms with Gasteiger partial charge in [0.15, 0.2) is 0 Å². The van der Waals surface area contributed by atoms with Crippen molar-refractivity contribution in [1.29, 1.82) is 0 Å². The monoisotopic (exact) mass is 302 g/mol. The van der Waals surface area contributed by atoms with Crippen molar-refractivity contribution >= 4 is 23.8 Å². The average molecular weight is 302 g/mol. The molecule has 0 heterocycles. The summed E-state index contributed by atoms with van der Waals surface area (Å²) >= 11 is 0. The van der Waals surface area contributed by atoms with Crippen molar-refractivity contribution in [2.75, 3.05) is 0 Å². The number of amides is 4. The van der Waals surface area contributed by atoms with Gasteiger partial charge in [-0.25, -0.2) is 9.59 Å². The number of hydrogen-bond donors (Lipinski definition) is 5. The molecule has 0 aliphatic carbocycles. The Hall–Kier alpha value is -2.32. The van der Waals surface area contributed by atoms with Crippen molar-refractivity contribution in [1.82, 2.24) is 10.6 Å². The molecule has 0 radical (unpaired) electrons. The highest BCUT2D eigenvalue weighted by Gasteiger charge is 2.26. The number of rotatable bonds is 9. The Morgan fingerprint density at radius 2 is 1.62 bits per heavy atom. The van der Waals surface area contributed by atoms with Crippen LogP contribution in [0.3, 0.4) is 0 Å². The smallest absolute Gasteiger partial charge is 0.326 e. The minimum atomic E-state index is -1.29. The van der Waals surface area contributed by atoms with E-state index in [1.165, 1.54) is 0 Å². The number of nitrogens with one attached hydrogen (secondary N) is 2. The first-order valence-electron chi connectivity index (χ1n) is 6.51. The summed E-state index contributed by atoms with van der Waals surface area (Å²) in [5.41, 5.74) is 9.93. The van der Waals surface area contributed by atoms with E-state index in [-0.39, 0.29) is 18.8 Å². The molecule has 0 bridgehead atoms. The zero-order valence-electron chi connectivity index (χ0n) is 12.1. The van der Waals surface area contributed by atoms with Gasteiger partial charge in [-0.15, -0.1) is 0 Å². The summed E-state index contributed by atoms with van der Waals surface area (Å²) in [7, 11) is 0. The molecular formula is C12H22N4O5. The van der Waals surface area contributed by atoms with Crippen molar-refractivity contribution in [3.63, 3.8) is 0 Å². The van der Waals surface area contributed by atoms with Crippen molar-refractivity contribution < 1.29 is 24.3 Å². The molecule has 7 N–H and O–H groups in total. The van der Waals surface area contributed by atoms with Gasteiger partial charge in [-0.1, -0.05) is 13.8 Å². The molecule has 0 aromatic rings. The quantitative estimate of drug-likeness (QED) is 0.364. The molecular weight excluding hydrogens is 280 g/mol. The van der Waals surface area contributed by atoms with Crippen LogP contribution in [-0.4, -0.2) is 41.0 Å². The zero-order chi connectivity index (χ0) is 16.6. The SMILES string of the molecule is CC(C)CC(NC(N)=O)C(=O)N[C@H](CCC(N)=O)C(=O)O. The third-order valence-corrected chi connectivity index (χ3v) is 2.63. The third-order valence-electron chi connectivity index (χ3n) is 2.63. The van der Waals surface area contributed by atoms with E-state index in [4.69, 9.17) is 16.6 Å². The maximum Gasteiger partial charge on any atom is 0.326 e. The van der Waals surface area contributed by atoms with Crippen molar-refractivity contribution in [2.45, 2.75) is 45.2 Å². The molecule has 4 amide bonds. The van der Waals surface area contributed by atoms with Crippen LogP contribution in [0.25, 0.3) is 0 Å². The van der Waals surface area contributed by atoms with Crippen LogP contribution >= 0.6 is 0 Å². The Labute approximate surface area is 122 Å². The number of urea groups is 1. The lowest BCUT2D eigenvalue weighted by Gasteiger charge is -2.21. The Morgan fingerprint density at radius 3 is 2.00 bits per heavy atom. The molecule has 0 rings (SSSR count). The molecule has 0 fully saturated rings. The first kappa shape index (κ1) is 18.7. The number of hydrogen-bond acceptors (Lipinski definition) is 4. The number of carboxylic acids is 1. The van der Waals surface area contributed by atoms with Crippen LogP contribution in [0.5, 0.6) is 0 Å². The van der Waals surface area contributed by atoms with E-state index in [0.29, 0.717) is 6.42 Å². The maximum absolute atomic E-state index is 12.0. The fourth-order valence-corrected chi connectivity index (χ4v) is 1.69. The molecule has 21 heavy (non-hydrogen) atoms. The predicted octanol–water partition coefficient (Wildman–Crippen LogP) is -1.10. The lowest BCUT2D eigenvalue weighted by molar-refractivity contribution is -0.142. The van der Waals surface area contributed by atoms with E-state index in [9.17, 15) is 19.2 Å². The number of carboxylic acid groups (broad SMARTS) is 1. The van der Waals surface area contributed by atoms with Crippen molar-refractivity contribution in [2.24, 2.45) is 17.4 Å². The normalized spacial score (nSPS) is 13.3. The van der Waals surface area contributed by atoms with Crippen LogP contribution < -0.4 is 22.1 Å². The van der Waals surface area contributed by atoms with Gasteiger partial charge in [0.2, 0.25) is 11.8 Å². The average Bonchev–Trinajstić information content (AvgIpc) is 2.31. The number of aliphatic carboxylic acids is 1. The second-order valence-corrected chi connectivity index (χ2v) is 5.10. The van der Waals surface area contributed by atoms with Gasteiger partial charge in [0.05, 0.1) is 0 Å². The molecule has 9 nitrogen and oxygen atoms in total. The highest BCUT2D eigenvalue weighted by molar-refractivity contribution is 5.90. The zero-order valence-corrected chi connectivity index (χ0v) is 12.1. The third kappa shape index (κ3) is 8.45. The maximum atomic E-state index is 12.0. The Morgan fingerprint density at radius 1 is 1.05 bits per heavy atom. The fourth-order valence-electron chi connectivity index (χ4n) is 1.69. The van der Waals surface area contributed by atoms with Crippen LogP contribution in [0.2, 0.25) is 0 Å². The van der Waals surface area contributed by atoms with Crippen LogP contribution in [0.15, 0.2) is 0 Å². The summed E-state index contributed by atoms with van der Waals surface area (Å²) in [6.07, 6.45) is 0.00759. The molecule has 120 valence electrons. The van der Waals surface area contributed by atoms with Crippen LogP contribution in [-0.2, 0) is 14.4 Å². The number of carbonyl (C=O) groups excluding carboxylic acids is 3. The molecule has 0 saturated carbocycles. The highest BCUT2D eigenvalue weighted by Crippen LogP contribution is 2.06. The van der Waals surface area contributed by atoms with E-state index in [0.717, 1.165) is 0 Å². The molecule has 1 unspecified atom stereocenters. The van der Waals surface area contributed by atoms with Crippen molar-refractivity contribution in [3.05, 3.63) is 0 Å². The van der Waals surface area contributed by atoms with Crippen LogP contribution in [0.4, 0.5) is 4.79 Å². The Balaban J connectivity index is 4.76. The number of primary amides is 2. The molecule has 2 atom stereocenters. The van der Waals surface area contributed by atoms with Gasteiger partial charge in [0.25, 0.3) is 0 Å². The summed E-state index contributed by atoms with van der Waals surface area (Å²) in [5.74, 6) is -2.53. The van der Waals surface area contributed by atoms with Gasteiger partial charge in [-0.3, -0.25) is 9.59 Å². The van der Waals surface area contributed by atoms with Gasteiger partial charge in [-0.2, -0.15) is 0 Å². The summed E-state index contributed by atoms with van der Waals surface area (Å²) in [6.45, 7) is 3.68. The lowest BCUT2D eigenvalue weighted by atomic mass is 10.0. The molecule has 9 heteroatoms. The Kier molecular flexibility index (Phi) is 7.80. The van der Waals surface area contributed by atoms with Gasteiger partial charge in [0.1, 0.15) is 12.1 Å². The molecule has 0 aliphatic heterocycles. The second kappa shape index (κ2) is 8.77. The molecule has 0 aromatic heterocycles. The van der Waals surface area contributed by atoms with Crippen molar-refractivity contribution in [3.8, 4) is 0 Å². The lowest BCUT2D eigenvalue weighted by Crippen LogP contribution is -2.53. The number of carbonyl (C=O) groups is 4. The van der Waals surface area contributed by atoms with Gasteiger partial charge >= 0.3 is 12.0 Å². The summed E-state index contributed by atoms with van der Waals surface area (Å²) in [4.78, 5) is 44.6. The topological polar surface area (TPSA) is 165 Å². The summed E-state index contributed by atoms with van der Waals surface area (Å²) in [5, 5.41) is 13.5. The summed E-state index contributed by atoms with van der Waals surface area (Å²) < 4.78 is 0. The van der Waals surface area contributed by atoms with Gasteiger partial charge in [-0.05, 0) is 18.8 Å². The van der Waals surface area contributed by atoms with E-state index in [1.54, 1.807) is 0 Å². The summed E-state index contributed by atoms with van der Waals surface area (Å²) in [6, 6.07) is -3.06. The highest BCUT2D eigenvalue weighted by atomic mass is 16.4. The Bertz CT molecular complexity index is 410. The number of nitrogens with two attached hydrogens (primary N) is 2. The van der Waals surface area contributed by atoms with E-state index in [2.05, 4.69) is 10.6 Å². The first-order valence-corrected chi connectivity index (χ1v) is 6.51. The molecule has 0 saturated heterocycles. The van der Waals surface area contributed by atoms with E-state index < -0.39 is 35.9 Å². The minimum absolute atomic E-state index is 0.0847. The fraction of sp³-hybridized carbons (Fsp3) is 0.667. The molecule has 0 aromatic carbocycles. The van der Waals surface area contributed by atoms with E-state index >= 15 is 0 Å². The predicted molar refractivity (Wildman–Crippen MR) is 74.0 cm³/mol. The first-order chi connectivity index (χ1) is 9.63. The van der Waals surface area contributed by atoms with E-state index in [1.807, 2.05) is 13.8 Å². The van der Waals surface area contributed by atoms with Gasteiger partial charge in [0, 0.05) is 6.42 Å². The minimum Gasteiger partial charge on any atom is -0.480 e. The largest absolute Gasteiger partial charge is 0.480 e. The standard InChI is InChI=1S/C12H22N4O5/c1-6(2)5-8(16-12(14)21)10(18)15-7(11(19)20)3-4-9(13)17/h6-8H,3-5H2,1-2H3,(H2,13,17)(H,15,18)(H,19,20)(H3,14,16,21)/t7-,8?/m1/s1. The van der Waals surface area contributed by atoms with Crippen LogP contribution in [0.1, 0.15) is 33.1 Å². The molecule has 0 aliphatic rings. The second-order valence-electron chi connectivity index (χ2n) is 5.10. The van der Waals surface area contributed by atoms with Crippen LogP contribution in [0, 0.1) is 5.92 Å². The van der Waals surface area contributed by atoms with Gasteiger partial charge < -0.3 is 27.2 Å². The molecule has 0 spiro atoms.